The molecule has 2 heterocycles. The number of aromatic nitrogens is 1. The molecule has 1 amide bonds. The summed E-state index contributed by atoms with van der Waals surface area (Å²) in [6.07, 6.45) is 0.832. The Kier molecular flexibility index (Phi) is 3.59. The van der Waals surface area contributed by atoms with Crippen LogP contribution in [0.5, 0.6) is 0 Å². The van der Waals surface area contributed by atoms with Crippen LogP contribution in [0.2, 0.25) is 0 Å². The van der Waals surface area contributed by atoms with Crippen molar-refractivity contribution >= 4 is 17.6 Å². The van der Waals surface area contributed by atoms with Crippen molar-refractivity contribution in [3.63, 3.8) is 0 Å². The number of carbonyl (C=O) groups excluding carboxylic acids is 1. The standard InChI is InChI=1S/C12H18N2O3S/c1-12(2,3)17-11(16)14-5-9(10(15)6-14)8-4-13-18-7-8/h4,7,9-10,15H,5-6H2,1-3H3/t9-,10+/m1/s1. The Hall–Kier alpha value is -1.14. The van der Waals surface area contributed by atoms with Gasteiger partial charge in [0.15, 0.2) is 0 Å². The van der Waals surface area contributed by atoms with Crippen LogP contribution in [0.4, 0.5) is 4.79 Å². The highest BCUT2D eigenvalue weighted by Crippen LogP contribution is 2.29. The number of likely N-dealkylation sites (tertiary alicyclic amines) is 1. The van der Waals surface area contributed by atoms with Crippen molar-refractivity contribution in [1.82, 2.24) is 9.27 Å². The van der Waals surface area contributed by atoms with Gasteiger partial charge in [0.1, 0.15) is 5.60 Å². The molecule has 1 aliphatic heterocycles. The summed E-state index contributed by atoms with van der Waals surface area (Å²) < 4.78 is 9.32. The number of ether oxygens (including phenoxy) is 1. The van der Waals surface area contributed by atoms with Gasteiger partial charge in [0.25, 0.3) is 0 Å². The molecule has 100 valence electrons. The van der Waals surface area contributed by atoms with E-state index in [-0.39, 0.29) is 12.0 Å². The molecule has 2 rings (SSSR count). The number of nitrogens with zero attached hydrogens (tertiary/aromatic N) is 2. The first-order valence-electron chi connectivity index (χ1n) is 5.92. The first kappa shape index (κ1) is 13.3. The van der Waals surface area contributed by atoms with Gasteiger partial charge in [-0.1, -0.05) is 0 Å². The van der Waals surface area contributed by atoms with Gasteiger partial charge < -0.3 is 14.7 Å². The number of aliphatic hydroxyl groups excluding tert-OH is 1. The molecule has 0 spiro atoms. The smallest absolute Gasteiger partial charge is 0.410 e. The van der Waals surface area contributed by atoms with E-state index in [2.05, 4.69) is 4.37 Å². The van der Waals surface area contributed by atoms with Crippen LogP contribution in [0.1, 0.15) is 32.3 Å². The summed E-state index contributed by atoms with van der Waals surface area (Å²) in [5.74, 6) is -0.0590. The lowest BCUT2D eigenvalue weighted by atomic mass is 10.0. The van der Waals surface area contributed by atoms with Gasteiger partial charge in [-0.05, 0) is 37.9 Å². The monoisotopic (exact) mass is 270 g/mol. The zero-order valence-corrected chi connectivity index (χ0v) is 11.6. The second-order valence-electron chi connectivity index (χ2n) is 5.52. The van der Waals surface area contributed by atoms with Gasteiger partial charge in [-0.2, -0.15) is 0 Å². The minimum atomic E-state index is -0.547. The Balaban J connectivity index is 2.00. The van der Waals surface area contributed by atoms with Crippen molar-refractivity contribution < 1.29 is 14.6 Å². The van der Waals surface area contributed by atoms with E-state index < -0.39 is 11.7 Å². The molecule has 0 aliphatic carbocycles. The first-order valence-corrected chi connectivity index (χ1v) is 6.76. The van der Waals surface area contributed by atoms with E-state index in [1.807, 2.05) is 26.2 Å². The molecule has 0 radical (unpaired) electrons. The maximum Gasteiger partial charge on any atom is 0.410 e. The van der Waals surface area contributed by atoms with Gasteiger partial charge in [-0.15, -0.1) is 0 Å². The number of hydrogen-bond donors (Lipinski definition) is 1. The van der Waals surface area contributed by atoms with Crippen LogP contribution in [-0.2, 0) is 4.74 Å². The van der Waals surface area contributed by atoms with Crippen molar-refractivity contribution in [2.45, 2.75) is 38.4 Å². The van der Waals surface area contributed by atoms with Crippen molar-refractivity contribution in [3.8, 4) is 0 Å². The topological polar surface area (TPSA) is 62.7 Å². The lowest BCUT2D eigenvalue weighted by molar-refractivity contribution is 0.0270. The van der Waals surface area contributed by atoms with E-state index in [1.54, 1.807) is 11.1 Å². The summed E-state index contributed by atoms with van der Waals surface area (Å²) in [4.78, 5) is 13.5. The molecule has 2 atom stereocenters. The SMILES string of the molecule is CC(C)(C)OC(=O)N1C[C@H](c2cnsc2)[C@@H](O)C1. The third-order valence-electron chi connectivity index (χ3n) is 2.82. The van der Waals surface area contributed by atoms with Gasteiger partial charge in [-0.25, -0.2) is 9.17 Å². The van der Waals surface area contributed by atoms with Crippen LogP contribution >= 0.6 is 11.5 Å². The predicted molar refractivity (Wildman–Crippen MR) is 68.7 cm³/mol. The molecule has 1 fully saturated rings. The Morgan fingerprint density at radius 2 is 2.28 bits per heavy atom. The van der Waals surface area contributed by atoms with E-state index in [0.717, 1.165) is 5.56 Å². The number of aliphatic hydroxyl groups is 1. The second-order valence-corrected chi connectivity index (χ2v) is 6.17. The molecule has 0 saturated carbocycles. The molecule has 0 aromatic carbocycles. The lowest BCUT2D eigenvalue weighted by Gasteiger charge is -2.24. The summed E-state index contributed by atoms with van der Waals surface area (Å²) in [7, 11) is 0. The zero-order chi connectivity index (χ0) is 13.3. The number of hydrogen-bond acceptors (Lipinski definition) is 5. The molecule has 0 bridgehead atoms. The molecule has 5 nitrogen and oxygen atoms in total. The summed E-state index contributed by atoms with van der Waals surface area (Å²) in [5, 5.41) is 11.9. The predicted octanol–water partition coefficient (Wildman–Crippen LogP) is 1.84. The summed E-state index contributed by atoms with van der Waals surface area (Å²) >= 11 is 1.35. The van der Waals surface area contributed by atoms with E-state index in [0.29, 0.717) is 13.1 Å². The molecule has 0 unspecified atom stereocenters. The lowest BCUT2D eigenvalue weighted by Crippen LogP contribution is -2.35. The van der Waals surface area contributed by atoms with Crippen molar-refractivity contribution in [3.05, 3.63) is 17.1 Å². The van der Waals surface area contributed by atoms with Crippen LogP contribution in [0.25, 0.3) is 0 Å². The zero-order valence-electron chi connectivity index (χ0n) is 10.8. The number of carbonyl (C=O) groups is 1. The van der Waals surface area contributed by atoms with Crippen LogP contribution < -0.4 is 0 Å². The number of amides is 1. The minimum Gasteiger partial charge on any atom is -0.444 e. The third kappa shape index (κ3) is 3.00. The van der Waals surface area contributed by atoms with E-state index >= 15 is 0 Å². The van der Waals surface area contributed by atoms with E-state index in [1.165, 1.54) is 11.5 Å². The normalized spacial score (nSPS) is 24.3. The quantitative estimate of drug-likeness (QED) is 0.845. The average Bonchev–Trinajstić information content (AvgIpc) is 2.82. The van der Waals surface area contributed by atoms with E-state index in [9.17, 15) is 9.90 Å². The van der Waals surface area contributed by atoms with Crippen molar-refractivity contribution in [2.75, 3.05) is 13.1 Å². The molecule has 1 aromatic heterocycles. The maximum absolute atomic E-state index is 11.9. The molecule has 6 heteroatoms. The fraction of sp³-hybridized carbons (Fsp3) is 0.667. The first-order chi connectivity index (χ1) is 8.37. The van der Waals surface area contributed by atoms with Crippen LogP contribution in [0.15, 0.2) is 11.6 Å². The number of β-amino-alcohol motifs (C(OH)–C–C–N with tert-alkyl or cyclic N) is 1. The number of rotatable bonds is 1. The molecule has 1 saturated heterocycles. The van der Waals surface area contributed by atoms with Crippen LogP contribution in [-0.4, -0.2) is 45.3 Å². The third-order valence-corrected chi connectivity index (χ3v) is 3.42. The molecular weight excluding hydrogens is 252 g/mol. The molecule has 18 heavy (non-hydrogen) atoms. The van der Waals surface area contributed by atoms with Crippen LogP contribution in [0, 0.1) is 0 Å². The van der Waals surface area contributed by atoms with Gasteiger partial charge in [0.05, 0.1) is 12.6 Å². The van der Waals surface area contributed by atoms with Gasteiger partial charge >= 0.3 is 6.09 Å². The van der Waals surface area contributed by atoms with Gasteiger partial charge in [0.2, 0.25) is 0 Å². The Labute approximate surface area is 111 Å². The fourth-order valence-electron chi connectivity index (χ4n) is 1.99. The highest BCUT2D eigenvalue weighted by Gasteiger charge is 2.37. The Morgan fingerprint density at radius 3 is 2.83 bits per heavy atom. The largest absolute Gasteiger partial charge is 0.444 e. The van der Waals surface area contributed by atoms with Crippen LogP contribution in [0.3, 0.4) is 0 Å². The molecule has 1 aromatic rings. The van der Waals surface area contributed by atoms with Gasteiger partial charge in [-0.3, -0.25) is 0 Å². The summed E-state index contributed by atoms with van der Waals surface area (Å²) in [6, 6.07) is 0. The molecular formula is C12H18N2O3S. The Bertz CT molecular complexity index is 413. The summed E-state index contributed by atoms with van der Waals surface area (Å²) in [5.41, 5.74) is 0.475. The van der Waals surface area contributed by atoms with Crippen molar-refractivity contribution in [1.29, 1.82) is 0 Å². The molecule has 1 aliphatic rings. The van der Waals surface area contributed by atoms with Crippen molar-refractivity contribution in [2.24, 2.45) is 0 Å². The fourth-order valence-corrected chi connectivity index (χ4v) is 2.59. The maximum atomic E-state index is 11.9. The average molecular weight is 270 g/mol. The molecule has 1 N–H and O–H groups in total. The van der Waals surface area contributed by atoms with E-state index in [4.69, 9.17) is 4.74 Å². The summed E-state index contributed by atoms with van der Waals surface area (Å²) in [6.45, 7) is 6.29. The minimum absolute atomic E-state index is 0.0590. The second kappa shape index (κ2) is 4.85. The highest BCUT2D eigenvalue weighted by molar-refractivity contribution is 7.03. The van der Waals surface area contributed by atoms with Gasteiger partial charge in [0, 0.05) is 24.0 Å². The Morgan fingerprint density at radius 1 is 1.56 bits per heavy atom. The highest BCUT2D eigenvalue weighted by atomic mass is 32.1.